The number of methoxy groups -OCH3 is 1. The van der Waals surface area contributed by atoms with Gasteiger partial charge in [-0.1, -0.05) is 6.07 Å². The lowest BCUT2D eigenvalue weighted by atomic mass is 10.1. The predicted octanol–water partition coefficient (Wildman–Crippen LogP) is 2.37. The molecule has 0 radical (unpaired) electrons. The van der Waals surface area contributed by atoms with Gasteiger partial charge in [-0.3, -0.25) is 9.78 Å². The molecule has 0 saturated heterocycles. The summed E-state index contributed by atoms with van der Waals surface area (Å²) in [6.45, 7) is 2.81. The van der Waals surface area contributed by atoms with Crippen molar-refractivity contribution in [3.63, 3.8) is 0 Å². The maximum absolute atomic E-state index is 12.1. The highest BCUT2D eigenvalue weighted by Crippen LogP contribution is 2.18. The molecule has 0 saturated carbocycles. The number of carbonyl (C=O) groups excluding carboxylic acids is 1. The fourth-order valence-corrected chi connectivity index (χ4v) is 1.96. The minimum atomic E-state index is 0.0617. The first-order valence-electron chi connectivity index (χ1n) is 6.49. The maximum atomic E-state index is 12.1. The normalized spacial score (nSPS) is 10.3. The third-order valence-corrected chi connectivity index (χ3v) is 3.03. The number of ether oxygens (including phenoxy) is 1. The van der Waals surface area contributed by atoms with Crippen LogP contribution in [0, 0.1) is 6.92 Å². The smallest absolute Gasteiger partial charge is 0.176 e. The SMILES string of the molecule is COc1ccc(C(=O)CNCc2ccccn2)cc1C. The highest BCUT2D eigenvalue weighted by atomic mass is 16.5. The molecular weight excluding hydrogens is 252 g/mol. The summed E-state index contributed by atoms with van der Waals surface area (Å²) in [4.78, 5) is 16.3. The van der Waals surface area contributed by atoms with Crippen molar-refractivity contribution in [2.75, 3.05) is 13.7 Å². The van der Waals surface area contributed by atoms with Crippen molar-refractivity contribution in [3.05, 3.63) is 59.4 Å². The van der Waals surface area contributed by atoms with Crippen molar-refractivity contribution < 1.29 is 9.53 Å². The van der Waals surface area contributed by atoms with Crippen LogP contribution in [0.25, 0.3) is 0 Å². The van der Waals surface area contributed by atoms with Crippen molar-refractivity contribution in [2.45, 2.75) is 13.5 Å². The lowest BCUT2D eigenvalue weighted by Gasteiger charge is -2.07. The Hall–Kier alpha value is -2.20. The number of hydrogen-bond acceptors (Lipinski definition) is 4. The Labute approximate surface area is 118 Å². The number of Topliss-reactive ketones (excluding diaryl/α,β-unsaturated/α-hetero) is 1. The molecule has 0 aliphatic heterocycles. The van der Waals surface area contributed by atoms with Crippen molar-refractivity contribution in [3.8, 4) is 5.75 Å². The average Bonchev–Trinajstić information content (AvgIpc) is 2.48. The molecule has 1 aromatic carbocycles. The molecule has 1 N–H and O–H groups in total. The van der Waals surface area contributed by atoms with E-state index in [0.29, 0.717) is 18.7 Å². The molecule has 2 rings (SSSR count). The second-order valence-corrected chi connectivity index (χ2v) is 4.53. The van der Waals surface area contributed by atoms with Gasteiger partial charge in [0.15, 0.2) is 5.78 Å². The van der Waals surface area contributed by atoms with Gasteiger partial charge < -0.3 is 10.1 Å². The van der Waals surface area contributed by atoms with E-state index < -0.39 is 0 Å². The van der Waals surface area contributed by atoms with Crippen LogP contribution in [0.15, 0.2) is 42.6 Å². The van der Waals surface area contributed by atoms with E-state index in [9.17, 15) is 4.79 Å². The molecule has 4 nitrogen and oxygen atoms in total. The molecule has 20 heavy (non-hydrogen) atoms. The fourth-order valence-electron chi connectivity index (χ4n) is 1.96. The lowest BCUT2D eigenvalue weighted by Crippen LogP contribution is -2.23. The zero-order valence-electron chi connectivity index (χ0n) is 11.7. The topological polar surface area (TPSA) is 51.2 Å². The van der Waals surface area contributed by atoms with Crippen LogP contribution in [-0.4, -0.2) is 24.4 Å². The van der Waals surface area contributed by atoms with E-state index in [-0.39, 0.29) is 5.78 Å². The number of carbonyl (C=O) groups is 1. The summed E-state index contributed by atoms with van der Waals surface area (Å²) in [5.74, 6) is 0.856. The zero-order chi connectivity index (χ0) is 14.4. The number of hydrogen-bond donors (Lipinski definition) is 1. The number of benzene rings is 1. The third-order valence-electron chi connectivity index (χ3n) is 3.03. The van der Waals surface area contributed by atoms with Crippen LogP contribution in [0.4, 0.5) is 0 Å². The number of rotatable bonds is 6. The van der Waals surface area contributed by atoms with Crippen molar-refractivity contribution >= 4 is 5.78 Å². The molecule has 0 aliphatic carbocycles. The monoisotopic (exact) mass is 270 g/mol. The molecule has 4 heteroatoms. The van der Waals surface area contributed by atoms with Gasteiger partial charge in [0.25, 0.3) is 0 Å². The Bertz CT molecular complexity index is 582. The van der Waals surface area contributed by atoms with E-state index in [0.717, 1.165) is 17.0 Å². The molecule has 0 fully saturated rings. The first-order chi connectivity index (χ1) is 9.70. The Morgan fingerprint density at radius 1 is 1.30 bits per heavy atom. The first kappa shape index (κ1) is 14.2. The van der Waals surface area contributed by atoms with Gasteiger partial charge in [-0.2, -0.15) is 0 Å². The summed E-state index contributed by atoms with van der Waals surface area (Å²) in [6.07, 6.45) is 1.74. The molecule has 2 aromatic rings. The Morgan fingerprint density at radius 3 is 2.80 bits per heavy atom. The molecule has 0 bridgehead atoms. The molecule has 0 atom stereocenters. The van der Waals surface area contributed by atoms with Crippen LogP contribution >= 0.6 is 0 Å². The summed E-state index contributed by atoms with van der Waals surface area (Å²) in [6, 6.07) is 11.2. The Balaban J connectivity index is 1.90. The molecule has 0 aliphatic rings. The summed E-state index contributed by atoms with van der Waals surface area (Å²) in [7, 11) is 1.62. The number of aromatic nitrogens is 1. The fraction of sp³-hybridized carbons (Fsp3) is 0.250. The van der Waals surface area contributed by atoms with Gasteiger partial charge in [0, 0.05) is 18.3 Å². The average molecular weight is 270 g/mol. The molecule has 0 amide bonds. The van der Waals surface area contributed by atoms with E-state index in [1.807, 2.05) is 37.3 Å². The first-order valence-corrected chi connectivity index (χ1v) is 6.49. The van der Waals surface area contributed by atoms with Crippen molar-refractivity contribution in [1.29, 1.82) is 0 Å². The molecule has 1 heterocycles. The number of aryl methyl sites for hydroxylation is 1. The van der Waals surface area contributed by atoms with Crippen LogP contribution in [-0.2, 0) is 6.54 Å². The highest BCUT2D eigenvalue weighted by Gasteiger charge is 2.08. The van der Waals surface area contributed by atoms with Gasteiger partial charge in [-0.25, -0.2) is 0 Å². The Kier molecular flexibility index (Phi) is 4.85. The van der Waals surface area contributed by atoms with E-state index in [2.05, 4.69) is 10.3 Å². The van der Waals surface area contributed by atoms with E-state index >= 15 is 0 Å². The largest absolute Gasteiger partial charge is 0.496 e. The van der Waals surface area contributed by atoms with Crippen molar-refractivity contribution in [1.82, 2.24) is 10.3 Å². The predicted molar refractivity (Wildman–Crippen MR) is 78.0 cm³/mol. The summed E-state index contributed by atoms with van der Waals surface area (Å²) < 4.78 is 5.18. The van der Waals surface area contributed by atoms with E-state index in [4.69, 9.17) is 4.74 Å². The van der Waals surface area contributed by atoms with Gasteiger partial charge in [-0.15, -0.1) is 0 Å². The number of pyridine rings is 1. The zero-order valence-corrected chi connectivity index (χ0v) is 11.7. The summed E-state index contributed by atoms with van der Waals surface area (Å²) >= 11 is 0. The standard InChI is InChI=1S/C16H18N2O2/c1-12-9-13(6-7-16(12)20-2)15(19)11-17-10-14-5-3-4-8-18-14/h3-9,17H,10-11H2,1-2H3. The molecular formula is C16H18N2O2. The molecule has 0 unspecified atom stereocenters. The van der Waals surface area contributed by atoms with Gasteiger partial charge in [0.2, 0.25) is 0 Å². The minimum absolute atomic E-state index is 0.0617. The number of nitrogens with one attached hydrogen (secondary N) is 1. The van der Waals surface area contributed by atoms with E-state index in [1.54, 1.807) is 19.4 Å². The quantitative estimate of drug-likeness (QED) is 0.819. The summed E-state index contributed by atoms with van der Waals surface area (Å²) in [5, 5.41) is 3.10. The van der Waals surface area contributed by atoms with Gasteiger partial charge in [-0.05, 0) is 42.8 Å². The minimum Gasteiger partial charge on any atom is -0.496 e. The van der Waals surface area contributed by atoms with Crippen LogP contribution in [0.2, 0.25) is 0 Å². The maximum Gasteiger partial charge on any atom is 0.176 e. The van der Waals surface area contributed by atoms with Crippen LogP contribution in [0.5, 0.6) is 5.75 Å². The van der Waals surface area contributed by atoms with Gasteiger partial charge in [0.05, 0.1) is 19.3 Å². The van der Waals surface area contributed by atoms with Crippen LogP contribution < -0.4 is 10.1 Å². The van der Waals surface area contributed by atoms with Crippen molar-refractivity contribution in [2.24, 2.45) is 0 Å². The number of ketones is 1. The molecule has 1 aromatic heterocycles. The lowest BCUT2D eigenvalue weighted by molar-refractivity contribution is 0.0990. The summed E-state index contributed by atoms with van der Waals surface area (Å²) in [5.41, 5.74) is 2.58. The number of nitrogens with zero attached hydrogens (tertiary/aromatic N) is 1. The van der Waals surface area contributed by atoms with Gasteiger partial charge >= 0.3 is 0 Å². The van der Waals surface area contributed by atoms with E-state index in [1.165, 1.54) is 0 Å². The Morgan fingerprint density at radius 2 is 2.15 bits per heavy atom. The highest BCUT2D eigenvalue weighted by molar-refractivity contribution is 5.97. The second-order valence-electron chi connectivity index (χ2n) is 4.53. The van der Waals surface area contributed by atoms with Crippen LogP contribution in [0.3, 0.4) is 0 Å². The van der Waals surface area contributed by atoms with Crippen LogP contribution in [0.1, 0.15) is 21.6 Å². The second kappa shape index (κ2) is 6.82. The molecule has 104 valence electrons. The third kappa shape index (κ3) is 3.65. The van der Waals surface area contributed by atoms with Gasteiger partial charge in [0.1, 0.15) is 5.75 Å². The molecule has 0 spiro atoms.